The van der Waals surface area contributed by atoms with E-state index >= 15 is 0 Å². The van der Waals surface area contributed by atoms with Gasteiger partial charge in [0.1, 0.15) is 40.7 Å². The number of rotatable bonds is 12. The molecule has 0 aliphatic carbocycles. The molecule has 4 heterocycles. The SMILES string of the molecule is Cc1sc2c(c1C)C(c1ccc(Cl)cc1)=N[C@@H](CC(=O)NCC(=O)NCCOc1ccc(-n3c(-c4cc(C(C)C)c(O)cc4O)n[nH]c3=S)cc1)c1nnc(C)n1-2. The molecule has 1 aliphatic rings. The number of aromatic amines is 1. The van der Waals surface area contributed by atoms with Crippen molar-refractivity contribution in [1.82, 2.24) is 40.2 Å². The van der Waals surface area contributed by atoms with E-state index in [-0.39, 0.29) is 55.3 Å². The van der Waals surface area contributed by atoms with Crippen LogP contribution in [0.2, 0.25) is 5.02 Å². The zero-order chi connectivity index (χ0) is 40.5. The molecule has 0 unspecified atom stereocenters. The Morgan fingerprint density at radius 1 is 0.982 bits per heavy atom. The Morgan fingerprint density at radius 3 is 2.44 bits per heavy atom. The lowest BCUT2D eigenvalue weighted by Crippen LogP contribution is -2.38. The van der Waals surface area contributed by atoms with Gasteiger partial charge in [-0.3, -0.25) is 28.8 Å². The number of thiophene rings is 1. The van der Waals surface area contributed by atoms with Crippen LogP contribution >= 0.6 is 35.2 Å². The van der Waals surface area contributed by atoms with Gasteiger partial charge in [0.2, 0.25) is 11.8 Å². The number of carbonyl (C=O) groups excluding carboxylic acids is 2. The quantitative estimate of drug-likeness (QED) is 0.0644. The number of benzene rings is 3. The first-order valence-electron chi connectivity index (χ1n) is 18.2. The van der Waals surface area contributed by atoms with Gasteiger partial charge in [-0.2, -0.15) is 5.10 Å². The van der Waals surface area contributed by atoms with Crippen molar-refractivity contribution < 1.29 is 24.5 Å². The average molecular weight is 826 g/mol. The smallest absolute Gasteiger partial charge is 0.239 e. The van der Waals surface area contributed by atoms with Crippen LogP contribution in [0.25, 0.3) is 22.1 Å². The summed E-state index contributed by atoms with van der Waals surface area (Å²) in [6, 6.07) is 16.9. The van der Waals surface area contributed by atoms with Crippen LogP contribution in [0.15, 0.2) is 65.7 Å². The molecule has 0 bridgehead atoms. The van der Waals surface area contributed by atoms with E-state index in [4.69, 9.17) is 33.5 Å². The number of carbonyl (C=O) groups is 2. The molecule has 2 amide bonds. The van der Waals surface area contributed by atoms with Crippen molar-refractivity contribution in [2.45, 2.75) is 53.0 Å². The second kappa shape index (κ2) is 16.3. The van der Waals surface area contributed by atoms with Crippen molar-refractivity contribution in [2.75, 3.05) is 19.7 Å². The maximum atomic E-state index is 13.3. The van der Waals surface area contributed by atoms with Gasteiger partial charge in [0.25, 0.3) is 0 Å². The van der Waals surface area contributed by atoms with Crippen LogP contribution in [-0.4, -0.2) is 77.0 Å². The lowest BCUT2D eigenvalue weighted by molar-refractivity contribution is -0.126. The number of aliphatic imine (C=N–C) groups is 1. The van der Waals surface area contributed by atoms with Gasteiger partial charge in [-0.25, -0.2) is 0 Å². The number of ether oxygens (including phenoxy) is 1. The van der Waals surface area contributed by atoms with Gasteiger partial charge >= 0.3 is 0 Å². The van der Waals surface area contributed by atoms with E-state index in [1.54, 1.807) is 46.2 Å². The van der Waals surface area contributed by atoms with Crippen LogP contribution in [-0.2, 0) is 9.59 Å². The Bertz CT molecular complexity index is 2570. The minimum Gasteiger partial charge on any atom is -0.508 e. The number of aromatic nitrogens is 6. The van der Waals surface area contributed by atoms with E-state index in [1.807, 2.05) is 49.6 Å². The van der Waals surface area contributed by atoms with Crippen LogP contribution in [0.1, 0.15) is 71.0 Å². The van der Waals surface area contributed by atoms with Gasteiger partial charge in [-0.1, -0.05) is 37.6 Å². The van der Waals surface area contributed by atoms with Gasteiger partial charge in [-0.15, -0.1) is 21.5 Å². The fourth-order valence-electron chi connectivity index (χ4n) is 6.63. The molecule has 0 fully saturated rings. The molecule has 6 aromatic rings. The summed E-state index contributed by atoms with van der Waals surface area (Å²) in [6.45, 7) is 10.0. The first-order valence-corrected chi connectivity index (χ1v) is 19.8. The second-order valence-electron chi connectivity index (χ2n) is 13.8. The molecule has 0 spiro atoms. The highest BCUT2D eigenvalue weighted by molar-refractivity contribution is 7.71. The lowest BCUT2D eigenvalue weighted by atomic mass is 9.98. The van der Waals surface area contributed by atoms with Crippen molar-refractivity contribution in [3.8, 4) is 39.3 Å². The molecule has 3 aromatic carbocycles. The molecular formula is C40H40ClN9O5S2. The molecule has 5 N–H and O–H groups in total. The Morgan fingerprint density at radius 2 is 1.72 bits per heavy atom. The second-order valence-corrected chi connectivity index (χ2v) is 15.9. The van der Waals surface area contributed by atoms with E-state index in [2.05, 4.69) is 44.9 Å². The highest BCUT2D eigenvalue weighted by atomic mass is 35.5. The van der Waals surface area contributed by atoms with Crippen LogP contribution in [0, 0.1) is 25.5 Å². The van der Waals surface area contributed by atoms with Gasteiger partial charge in [0, 0.05) is 27.1 Å². The van der Waals surface area contributed by atoms with Crippen LogP contribution in [0.4, 0.5) is 0 Å². The van der Waals surface area contributed by atoms with Crippen LogP contribution in [0.5, 0.6) is 17.2 Å². The molecule has 3 aromatic heterocycles. The normalized spacial score (nSPS) is 13.5. The third-order valence-electron chi connectivity index (χ3n) is 9.65. The van der Waals surface area contributed by atoms with E-state index in [0.29, 0.717) is 49.8 Å². The zero-order valence-corrected chi connectivity index (χ0v) is 34.1. The van der Waals surface area contributed by atoms with E-state index in [9.17, 15) is 19.8 Å². The number of fused-ring (bicyclic) bond motifs is 3. The van der Waals surface area contributed by atoms with Gasteiger partial charge in [0.15, 0.2) is 16.4 Å². The predicted molar refractivity (Wildman–Crippen MR) is 221 cm³/mol. The Hall–Kier alpha value is -5.84. The summed E-state index contributed by atoms with van der Waals surface area (Å²) in [5.74, 6) is 1.32. The number of phenolic OH excluding ortho intramolecular Hbond substituents is 2. The average Bonchev–Trinajstić information content (AvgIpc) is 3.82. The molecular weight excluding hydrogens is 786 g/mol. The fourth-order valence-corrected chi connectivity index (χ4v) is 8.20. The standard InChI is InChI=1S/C40H40ClN9O5S2/c1-20(2)28-16-29(32(52)18-31(28)51)37-46-48-40(56)50(37)26-10-12-27(13-11-26)55-15-14-42-34(54)19-43-33(53)17-30-38-47-45-23(5)49(38)39-35(21(3)22(4)57-39)36(44-30)24-6-8-25(41)9-7-24/h6-13,16,18,20,30,51-52H,14-15,17,19H2,1-5H3,(H,42,54)(H,43,53)(H,48,56)/t30-/m0/s1. The van der Waals surface area contributed by atoms with E-state index < -0.39 is 6.04 Å². The van der Waals surface area contributed by atoms with Crippen molar-refractivity contribution >= 4 is 52.7 Å². The minimum absolute atomic E-state index is 0.00404. The van der Waals surface area contributed by atoms with Crippen LogP contribution in [0.3, 0.4) is 0 Å². The van der Waals surface area contributed by atoms with Crippen molar-refractivity contribution in [1.29, 1.82) is 0 Å². The number of amides is 2. The summed E-state index contributed by atoms with van der Waals surface area (Å²) >= 11 is 13.3. The van der Waals surface area contributed by atoms with Crippen LogP contribution < -0.4 is 15.4 Å². The van der Waals surface area contributed by atoms with E-state index in [0.717, 1.165) is 32.3 Å². The molecule has 0 saturated carbocycles. The first-order chi connectivity index (χ1) is 27.3. The van der Waals surface area contributed by atoms with Crippen molar-refractivity contribution in [2.24, 2.45) is 4.99 Å². The number of nitrogens with one attached hydrogen (secondary N) is 3. The van der Waals surface area contributed by atoms with Crippen molar-refractivity contribution in [3.63, 3.8) is 0 Å². The topological polar surface area (TPSA) is 185 Å². The number of aryl methyl sites for hydroxylation is 2. The third kappa shape index (κ3) is 8.06. The highest BCUT2D eigenvalue weighted by Crippen LogP contribution is 2.40. The molecule has 1 atom stereocenters. The number of halogens is 1. The number of hydrogen-bond donors (Lipinski definition) is 5. The number of aromatic hydroxyl groups is 2. The minimum atomic E-state index is -0.659. The molecule has 0 radical (unpaired) electrons. The Balaban J connectivity index is 0.951. The first kappa shape index (κ1) is 39.4. The molecule has 7 rings (SSSR count). The number of H-pyrrole nitrogens is 1. The largest absolute Gasteiger partial charge is 0.508 e. The fraction of sp³-hybridized carbons (Fsp3) is 0.275. The zero-order valence-electron chi connectivity index (χ0n) is 31.8. The maximum absolute atomic E-state index is 13.3. The summed E-state index contributed by atoms with van der Waals surface area (Å²) in [4.78, 5) is 32.3. The summed E-state index contributed by atoms with van der Waals surface area (Å²) in [7, 11) is 0. The summed E-state index contributed by atoms with van der Waals surface area (Å²) in [5.41, 5.74) is 5.41. The highest BCUT2D eigenvalue weighted by Gasteiger charge is 2.32. The number of phenols is 2. The predicted octanol–water partition coefficient (Wildman–Crippen LogP) is 6.95. The molecule has 1 aliphatic heterocycles. The Kier molecular flexibility index (Phi) is 11.3. The third-order valence-corrected chi connectivity index (χ3v) is 11.4. The molecule has 17 heteroatoms. The van der Waals surface area contributed by atoms with Gasteiger partial charge in [0.05, 0.1) is 36.5 Å². The lowest BCUT2D eigenvalue weighted by Gasteiger charge is -2.14. The summed E-state index contributed by atoms with van der Waals surface area (Å²) in [6.07, 6.45) is -0.0464. The number of nitrogens with zero attached hydrogens (tertiary/aromatic N) is 6. The summed E-state index contributed by atoms with van der Waals surface area (Å²) < 4.78 is 9.81. The maximum Gasteiger partial charge on any atom is 0.239 e. The summed E-state index contributed by atoms with van der Waals surface area (Å²) in [5, 5.41) is 43.9. The van der Waals surface area contributed by atoms with Gasteiger partial charge in [-0.05, 0) is 92.5 Å². The number of hydrogen-bond acceptors (Lipinski definition) is 11. The molecule has 14 nitrogen and oxygen atoms in total. The molecule has 57 heavy (non-hydrogen) atoms. The van der Waals surface area contributed by atoms with Gasteiger partial charge < -0.3 is 25.6 Å². The monoisotopic (exact) mass is 825 g/mol. The molecule has 0 saturated heterocycles. The Labute approximate surface area is 342 Å². The van der Waals surface area contributed by atoms with Crippen molar-refractivity contribution in [3.05, 3.63) is 109 Å². The van der Waals surface area contributed by atoms with E-state index in [1.165, 1.54) is 6.07 Å². The molecule has 294 valence electrons.